The molecule has 1 atom stereocenters. The van der Waals surface area contributed by atoms with Crippen molar-refractivity contribution < 1.29 is 5.11 Å². The van der Waals surface area contributed by atoms with Crippen LogP contribution < -0.4 is 11.1 Å². The number of unbranched alkanes of at least 4 members (excludes halogenated alkanes) is 1. The van der Waals surface area contributed by atoms with Crippen molar-refractivity contribution in [2.45, 2.75) is 31.7 Å². The first kappa shape index (κ1) is 14.2. The number of aryl methyl sites for hydroxylation is 1. The Hall–Kier alpha value is -0.900. The molecule has 0 saturated carbocycles. The SMILES string of the molecule is NCC(CCc1ccccc1)NCCCCO. The van der Waals surface area contributed by atoms with E-state index in [1.54, 1.807) is 0 Å². The minimum absolute atomic E-state index is 0.277. The number of aliphatic hydroxyl groups excluding tert-OH is 1. The van der Waals surface area contributed by atoms with Crippen molar-refractivity contribution in [3.8, 4) is 0 Å². The zero-order valence-electron chi connectivity index (χ0n) is 10.4. The van der Waals surface area contributed by atoms with Gasteiger partial charge in [0.2, 0.25) is 0 Å². The Morgan fingerprint density at radius 1 is 1.18 bits per heavy atom. The summed E-state index contributed by atoms with van der Waals surface area (Å²) in [7, 11) is 0. The number of nitrogens with two attached hydrogens (primary N) is 1. The molecule has 4 N–H and O–H groups in total. The second-order valence-electron chi connectivity index (χ2n) is 4.34. The molecule has 96 valence electrons. The van der Waals surface area contributed by atoms with Gasteiger partial charge in [-0.3, -0.25) is 0 Å². The van der Waals surface area contributed by atoms with Crippen molar-refractivity contribution >= 4 is 0 Å². The summed E-state index contributed by atoms with van der Waals surface area (Å²) in [6.45, 7) is 1.89. The highest BCUT2D eigenvalue weighted by Crippen LogP contribution is 2.04. The van der Waals surface area contributed by atoms with Crippen LogP contribution in [0.4, 0.5) is 0 Å². The maximum atomic E-state index is 8.69. The molecule has 1 unspecified atom stereocenters. The molecule has 0 bridgehead atoms. The smallest absolute Gasteiger partial charge is 0.0431 e. The molecular formula is C14H24N2O. The molecule has 0 aliphatic heterocycles. The Bertz CT molecular complexity index is 277. The van der Waals surface area contributed by atoms with Gasteiger partial charge in [0.05, 0.1) is 0 Å². The molecule has 1 aromatic rings. The summed E-state index contributed by atoms with van der Waals surface area (Å²) in [5.41, 5.74) is 7.10. The van der Waals surface area contributed by atoms with Gasteiger partial charge in [0.25, 0.3) is 0 Å². The predicted octanol–water partition coefficient (Wildman–Crippen LogP) is 1.31. The number of rotatable bonds is 9. The zero-order chi connectivity index (χ0) is 12.3. The zero-order valence-corrected chi connectivity index (χ0v) is 10.4. The molecule has 0 spiro atoms. The maximum absolute atomic E-state index is 8.69. The molecule has 1 aromatic carbocycles. The van der Waals surface area contributed by atoms with Gasteiger partial charge in [0, 0.05) is 19.2 Å². The van der Waals surface area contributed by atoms with Crippen LogP contribution in [0.3, 0.4) is 0 Å². The van der Waals surface area contributed by atoms with Crippen LogP contribution in [-0.2, 0) is 6.42 Å². The van der Waals surface area contributed by atoms with E-state index in [2.05, 4.69) is 29.6 Å². The summed E-state index contributed by atoms with van der Waals surface area (Å²) in [6.07, 6.45) is 4.01. The van der Waals surface area contributed by atoms with Gasteiger partial charge in [-0.05, 0) is 37.8 Å². The van der Waals surface area contributed by atoms with E-state index in [1.807, 2.05) is 6.07 Å². The van der Waals surface area contributed by atoms with Crippen molar-refractivity contribution in [2.75, 3.05) is 19.7 Å². The highest BCUT2D eigenvalue weighted by atomic mass is 16.2. The summed E-state index contributed by atoms with van der Waals surface area (Å²) < 4.78 is 0. The summed E-state index contributed by atoms with van der Waals surface area (Å²) in [5.74, 6) is 0. The Balaban J connectivity index is 2.18. The normalized spacial score (nSPS) is 12.6. The number of nitrogens with one attached hydrogen (secondary N) is 1. The summed E-state index contributed by atoms with van der Waals surface area (Å²) in [6, 6.07) is 10.9. The molecule has 17 heavy (non-hydrogen) atoms. The van der Waals surface area contributed by atoms with Crippen LogP contribution in [0, 0.1) is 0 Å². The summed E-state index contributed by atoms with van der Waals surface area (Å²) in [5, 5.41) is 12.1. The minimum Gasteiger partial charge on any atom is -0.396 e. The first-order chi connectivity index (χ1) is 8.36. The van der Waals surface area contributed by atoms with Crippen LogP contribution >= 0.6 is 0 Å². The van der Waals surface area contributed by atoms with E-state index in [1.165, 1.54) is 5.56 Å². The molecule has 0 aliphatic carbocycles. The molecule has 0 aliphatic rings. The van der Waals surface area contributed by atoms with E-state index >= 15 is 0 Å². The van der Waals surface area contributed by atoms with Gasteiger partial charge in [0.15, 0.2) is 0 Å². The molecule has 3 heteroatoms. The second kappa shape index (κ2) is 9.16. The van der Waals surface area contributed by atoms with Gasteiger partial charge < -0.3 is 16.2 Å². The molecular weight excluding hydrogens is 212 g/mol. The lowest BCUT2D eigenvalue weighted by atomic mass is 10.1. The van der Waals surface area contributed by atoms with Crippen LogP contribution in [0.1, 0.15) is 24.8 Å². The lowest BCUT2D eigenvalue weighted by Crippen LogP contribution is -2.37. The number of hydrogen-bond donors (Lipinski definition) is 3. The number of aliphatic hydroxyl groups is 1. The molecule has 0 amide bonds. The van der Waals surface area contributed by atoms with Crippen molar-refractivity contribution in [3.05, 3.63) is 35.9 Å². The lowest BCUT2D eigenvalue weighted by molar-refractivity contribution is 0.282. The first-order valence-electron chi connectivity index (χ1n) is 6.45. The standard InChI is InChI=1S/C14H24N2O/c15-12-14(16-10-4-5-11-17)9-8-13-6-2-1-3-7-13/h1-3,6-7,14,16-17H,4-5,8-12,15H2. The van der Waals surface area contributed by atoms with E-state index in [4.69, 9.17) is 10.8 Å². The average molecular weight is 236 g/mol. The molecule has 0 fully saturated rings. The van der Waals surface area contributed by atoms with Gasteiger partial charge in [-0.2, -0.15) is 0 Å². The second-order valence-corrected chi connectivity index (χ2v) is 4.34. The minimum atomic E-state index is 0.277. The first-order valence-corrected chi connectivity index (χ1v) is 6.45. The Labute approximate surface area is 104 Å². The van der Waals surface area contributed by atoms with Crippen molar-refractivity contribution in [3.63, 3.8) is 0 Å². The fraction of sp³-hybridized carbons (Fsp3) is 0.571. The highest BCUT2D eigenvalue weighted by molar-refractivity contribution is 5.14. The molecule has 1 rings (SSSR count). The van der Waals surface area contributed by atoms with Gasteiger partial charge >= 0.3 is 0 Å². The average Bonchev–Trinajstić information content (AvgIpc) is 2.39. The van der Waals surface area contributed by atoms with Crippen LogP contribution in [0.2, 0.25) is 0 Å². The van der Waals surface area contributed by atoms with Gasteiger partial charge in [-0.1, -0.05) is 30.3 Å². The molecule has 3 nitrogen and oxygen atoms in total. The van der Waals surface area contributed by atoms with Crippen LogP contribution in [0.25, 0.3) is 0 Å². The fourth-order valence-corrected chi connectivity index (χ4v) is 1.83. The Morgan fingerprint density at radius 3 is 2.59 bits per heavy atom. The van der Waals surface area contributed by atoms with Crippen LogP contribution in [0.15, 0.2) is 30.3 Å². The van der Waals surface area contributed by atoms with E-state index in [-0.39, 0.29) is 6.61 Å². The summed E-state index contributed by atoms with van der Waals surface area (Å²) in [4.78, 5) is 0. The van der Waals surface area contributed by atoms with Crippen LogP contribution in [0.5, 0.6) is 0 Å². The third kappa shape index (κ3) is 6.41. The molecule has 0 heterocycles. The summed E-state index contributed by atoms with van der Waals surface area (Å²) >= 11 is 0. The van der Waals surface area contributed by atoms with Crippen LogP contribution in [-0.4, -0.2) is 30.8 Å². The van der Waals surface area contributed by atoms with E-state index < -0.39 is 0 Å². The predicted molar refractivity (Wildman–Crippen MR) is 71.9 cm³/mol. The van der Waals surface area contributed by atoms with Crippen molar-refractivity contribution in [1.29, 1.82) is 0 Å². The third-order valence-electron chi connectivity index (χ3n) is 2.93. The van der Waals surface area contributed by atoms with E-state index in [0.29, 0.717) is 12.6 Å². The lowest BCUT2D eigenvalue weighted by Gasteiger charge is -2.16. The number of benzene rings is 1. The monoisotopic (exact) mass is 236 g/mol. The van der Waals surface area contributed by atoms with Gasteiger partial charge in [0.1, 0.15) is 0 Å². The Morgan fingerprint density at radius 2 is 1.94 bits per heavy atom. The topological polar surface area (TPSA) is 58.3 Å². The molecule has 0 aromatic heterocycles. The fourth-order valence-electron chi connectivity index (χ4n) is 1.83. The molecule has 0 radical (unpaired) electrons. The number of hydrogen-bond acceptors (Lipinski definition) is 3. The molecule has 0 saturated heterocycles. The third-order valence-corrected chi connectivity index (χ3v) is 2.93. The van der Waals surface area contributed by atoms with E-state index in [9.17, 15) is 0 Å². The highest BCUT2D eigenvalue weighted by Gasteiger charge is 2.05. The maximum Gasteiger partial charge on any atom is 0.0431 e. The largest absolute Gasteiger partial charge is 0.396 e. The Kier molecular flexibility index (Phi) is 7.63. The van der Waals surface area contributed by atoms with Crippen molar-refractivity contribution in [2.24, 2.45) is 5.73 Å². The quantitative estimate of drug-likeness (QED) is 0.567. The van der Waals surface area contributed by atoms with Crippen molar-refractivity contribution in [1.82, 2.24) is 5.32 Å². The van der Waals surface area contributed by atoms with Gasteiger partial charge in [-0.15, -0.1) is 0 Å². The van der Waals surface area contributed by atoms with Gasteiger partial charge in [-0.25, -0.2) is 0 Å². The van der Waals surface area contributed by atoms with E-state index in [0.717, 1.165) is 32.2 Å².